The van der Waals surface area contributed by atoms with E-state index in [0.717, 1.165) is 5.92 Å². The van der Waals surface area contributed by atoms with Gasteiger partial charge in [0.25, 0.3) is 0 Å². The normalized spacial score (nSPS) is 26.5. The lowest BCUT2D eigenvalue weighted by Crippen LogP contribution is -2.43. The third-order valence-corrected chi connectivity index (χ3v) is 5.29. The summed E-state index contributed by atoms with van der Waals surface area (Å²) in [6.07, 6.45) is 4.29. The van der Waals surface area contributed by atoms with Crippen molar-refractivity contribution in [3.63, 3.8) is 0 Å². The third-order valence-electron chi connectivity index (χ3n) is 4.33. The first-order valence-electron chi connectivity index (χ1n) is 7.13. The molecule has 0 amide bonds. The second-order valence-electron chi connectivity index (χ2n) is 5.42. The summed E-state index contributed by atoms with van der Waals surface area (Å²) in [5.41, 5.74) is 0. The maximum absolute atomic E-state index is 2.65. The van der Waals surface area contributed by atoms with Gasteiger partial charge in [0, 0.05) is 49.0 Å². The highest BCUT2D eigenvalue weighted by Gasteiger charge is 2.20. The molecule has 0 aromatic rings. The smallest absolute Gasteiger partial charge is 0.0209 e. The summed E-state index contributed by atoms with van der Waals surface area (Å²) in [6, 6.07) is 0. The molecular weight excluding hydrogens is 325 g/mol. The molecule has 0 aromatic carbocycles. The Balaban J connectivity index is 1.59. The van der Waals surface area contributed by atoms with Gasteiger partial charge in [0.15, 0.2) is 0 Å². The molecule has 0 bridgehead atoms. The molecule has 2 aliphatic rings. The first-order valence-corrected chi connectivity index (χ1v) is 8.10. The van der Waals surface area contributed by atoms with Crippen molar-refractivity contribution in [2.24, 2.45) is 5.92 Å². The van der Waals surface area contributed by atoms with Crippen molar-refractivity contribution in [2.45, 2.75) is 26.2 Å². The molecular formula is C13H26IN3. The van der Waals surface area contributed by atoms with Crippen LogP contribution in [0.15, 0.2) is 0 Å². The largest absolute Gasteiger partial charge is 0.304 e. The Bertz CT molecular complexity index is 209. The van der Waals surface area contributed by atoms with Crippen molar-refractivity contribution in [1.82, 2.24) is 12.9 Å². The first-order chi connectivity index (χ1) is 8.28. The molecule has 0 N–H and O–H groups in total. The highest BCUT2D eigenvalue weighted by Crippen LogP contribution is 2.21. The average Bonchev–Trinajstić information content (AvgIpc) is 2.39. The van der Waals surface area contributed by atoms with Crippen LogP contribution in [0.4, 0.5) is 0 Å². The average molecular weight is 351 g/mol. The van der Waals surface area contributed by atoms with E-state index in [2.05, 4.69) is 42.7 Å². The molecule has 2 saturated heterocycles. The zero-order valence-electron chi connectivity index (χ0n) is 11.1. The van der Waals surface area contributed by atoms with Gasteiger partial charge in [-0.15, -0.1) is 0 Å². The molecule has 0 radical (unpaired) electrons. The van der Waals surface area contributed by atoms with Gasteiger partial charge in [0.1, 0.15) is 0 Å². The molecule has 100 valence electrons. The lowest BCUT2D eigenvalue weighted by Gasteiger charge is -2.34. The quantitative estimate of drug-likeness (QED) is 0.567. The number of hydrogen-bond acceptors (Lipinski definition) is 3. The monoisotopic (exact) mass is 351 g/mol. The summed E-state index contributed by atoms with van der Waals surface area (Å²) >= 11 is 2.45. The van der Waals surface area contributed by atoms with Crippen LogP contribution in [0, 0.1) is 5.92 Å². The Labute approximate surface area is 120 Å². The minimum atomic E-state index is 0.996. The fraction of sp³-hybridized carbons (Fsp3) is 1.00. The SMILES string of the molecule is CCN1CCC(CCN2CCN(I)CC2)CC1. The number of likely N-dealkylation sites (tertiary alicyclic amines) is 1. The minimum absolute atomic E-state index is 0.996. The van der Waals surface area contributed by atoms with E-state index in [1.807, 2.05) is 0 Å². The summed E-state index contributed by atoms with van der Waals surface area (Å²) in [5, 5.41) is 0. The Morgan fingerprint density at radius 1 is 0.941 bits per heavy atom. The van der Waals surface area contributed by atoms with Crippen LogP contribution in [0.1, 0.15) is 26.2 Å². The predicted octanol–water partition coefficient (Wildman–Crippen LogP) is 2.08. The van der Waals surface area contributed by atoms with Gasteiger partial charge in [-0.25, -0.2) is 3.11 Å². The van der Waals surface area contributed by atoms with Crippen LogP contribution < -0.4 is 0 Å². The summed E-state index contributed by atoms with van der Waals surface area (Å²) < 4.78 is 2.41. The van der Waals surface area contributed by atoms with Gasteiger partial charge in [-0.1, -0.05) is 6.92 Å². The van der Waals surface area contributed by atoms with Gasteiger partial charge in [-0.3, -0.25) is 0 Å². The highest BCUT2D eigenvalue weighted by atomic mass is 127. The fourth-order valence-electron chi connectivity index (χ4n) is 2.90. The van der Waals surface area contributed by atoms with Crippen LogP contribution in [-0.4, -0.2) is 65.3 Å². The van der Waals surface area contributed by atoms with Gasteiger partial charge in [-0.2, -0.15) is 0 Å². The minimum Gasteiger partial charge on any atom is -0.304 e. The van der Waals surface area contributed by atoms with Gasteiger partial charge in [0.2, 0.25) is 0 Å². The van der Waals surface area contributed by atoms with Gasteiger partial charge >= 0.3 is 0 Å². The van der Waals surface area contributed by atoms with Crippen LogP contribution in [0.25, 0.3) is 0 Å². The lowest BCUT2D eigenvalue weighted by molar-refractivity contribution is 0.155. The summed E-state index contributed by atoms with van der Waals surface area (Å²) in [5.74, 6) is 0.996. The number of piperidine rings is 1. The summed E-state index contributed by atoms with van der Waals surface area (Å²) in [6.45, 7) is 12.6. The van der Waals surface area contributed by atoms with Crippen molar-refractivity contribution in [2.75, 3.05) is 52.4 Å². The molecule has 3 nitrogen and oxygen atoms in total. The summed E-state index contributed by atoms with van der Waals surface area (Å²) in [4.78, 5) is 5.24. The highest BCUT2D eigenvalue weighted by molar-refractivity contribution is 14.1. The molecule has 2 heterocycles. The molecule has 2 aliphatic heterocycles. The van der Waals surface area contributed by atoms with Crippen molar-refractivity contribution >= 4 is 22.9 Å². The molecule has 2 fully saturated rings. The number of hydrogen-bond donors (Lipinski definition) is 0. The number of nitrogens with zero attached hydrogens (tertiary/aromatic N) is 3. The topological polar surface area (TPSA) is 9.72 Å². The van der Waals surface area contributed by atoms with Crippen LogP contribution >= 0.6 is 22.9 Å². The molecule has 4 heteroatoms. The number of rotatable bonds is 4. The van der Waals surface area contributed by atoms with E-state index in [0.29, 0.717) is 0 Å². The zero-order valence-corrected chi connectivity index (χ0v) is 13.2. The van der Waals surface area contributed by atoms with E-state index < -0.39 is 0 Å². The van der Waals surface area contributed by atoms with Crippen LogP contribution in [-0.2, 0) is 0 Å². The number of piperazine rings is 1. The Morgan fingerprint density at radius 2 is 1.59 bits per heavy atom. The Hall–Kier alpha value is 0.610. The van der Waals surface area contributed by atoms with E-state index in [1.165, 1.54) is 71.6 Å². The van der Waals surface area contributed by atoms with Crippen LogP contribution in [0.3, 0.4) is 0 Å². The molecule has 0 aromatic heterocycles. The van der Waals surface area contributed by atoms with Gasteiger partial charge < -0.3 is 9.80 Å². The summed E-state index contributed by atoms with van der Waals surface area (Å²) in [7, 11) is 0. The second kappa shape index (κ2) is 7.26. The van der Waals surface area contributed by atoms with Crippen LogP contribution in [0.2, 0.25) is 0 Å². The van der Waals surface area contributed by atoms with Crippen molar-refractivity contribution in [3.8, 4) is 0 Å². The molecule has 0 aliphatic carbocycles. The van der Waals surface area contributed by atoms with Crippen molar-refractivity contribution < 1.29 is 0 Å². The number of halogens is 1. The molecule has 2 rings (SSSR count). The molecule has 0 spiro atoms. The standard InChI is InChI=1S/C13H26IN3/c1-2-15-6-3-13(4-7-15)5-8-16-9-11-17(14)12-10-16/h13H,2-12H2,1H3. The third kappa shape index (κ3) is 4.65. The van der Waals surface area contributed by atoms with E-state index >= 15 is 0 Å². The Morgan fingerprint density at radius 3 is 2.18 bits per heavy atom. The van der Waals surface area contributed by atoms with Gasteiger partial charge in [-0.05, 0) is 51.4 Å². The molecule has 0 saturated carbocycles. The van der Waals surface area contributed by atoms with E-state index in [-0.39, 0.29) is 0 Å². The van der Waals surface area contributed by atoms with Crippen molar-refractivity contribution in [3.05, 3.63) is 0 Å². The maximum Gasteiger partial charge on any atom is 0.0209 e. The predicted molar refractivity (Wildman–Crippen MR) is 81.5 cm³/mol. The van der Waals surface area contributed by atoms with Crippen LogP contribution in [0.5, 0.6) is 0 Å². The molecule has 0 unspecified atom stereocenters. The fourth-order valence-corrected chi connectivity index (χ4v) is 3.34. The molecule has 17 heavy (non-hydrogen) atoms. The second-order valence-corrected chi connectivity index (χ2v) is 6.78. The van der Waals surface area contributed by atoms with E-state index in [1.54, 1.807) is 0 Å². The van der Waals surface area contributed by atoms with Gasteiger partial charge in [0.05, 0.1) is 0 Å². The Kier molecular flexibility index (Phi) is 5.99. The molecule has 0 atom stereocenters. The van der Waals surface area contributed by atoms with E-state index in [9.17, 15) is 0 Å². The maximum atomic E-state index is 2.65. The first kappa shape index (κ1) is 14.0. The zero-order chi connectivity index (χ0) is 12.1. The van der Waals surface area contributed by atoms with E-state index in [4.69, 9.17) is 0 Å². The van der Waals surface area contributed by atoms with Crippen molar-refractivity contribution in [1.29, 1.82) is 0 Å². The lowest BCUT2D eigenvalue weighted by atomic mass is 9.93.